The lowest BCUT2D eigenvalue weighted by Crippen LogP contribution is -2.45. The number of aromatic nitrogens is 1. The van der Waals surface area contributed by atoms with Crippen molar-refractivity contribution in [3.63, 3.8) is 0 Å². The van der Waals surface area contributed by atoms with Gasteiger partial charge in [-0.1, -0.05) is 19.1 Å². The number of hydrogen-bond donors (Lipinski definition) is 1. The first-order valence-electron chi connectivity index (χ1n) is 7.08. The highest BCUT2D eigenvalue weighted by atomic mass is 19.1. The fraction of sp³-hybridized carbons (Fsp3) is 0.294. The molecule has 1 aromatic carbocycles. The van der Waals surface area contributed by atoms with Crippen molar-refractivity contribution in [3.05, 3.63) is 65.2 Å². The zero-order valence-electron chi connectivity index (χ0n) is 12.4. The van der Waals surface area contributed by atoms with Gasteiger partial charge in [0, 0.05) is 25.1 Å². The molecule has 0 radical (unpaired) electrons. The van der Waals surface area contributed by atoms with Crippen LogP contribution in [0, 0.1) is 12.7 Å². The third-order valence-electron chi connectivity index (χ3n) is 3.44. The van der Waals surface area contributed by atoms with E-state index in [1.807, 2.05) is 23.8 Å². The van der Waals surface area contributed by atoms with Crippen molar-refractivity contribution in [1.82, 2.24) is 5.32 Å². The molecule has 1 heterocycles. The standard InChI is InChI=1S/C17H19FN2O/c1-3-14-5-4-13(2)20(11-14)12-17(21)19-10-15-6-8-16(18)9-7-15/h4-9,11H,3,10,12H2,1-2H3/p+1. The zero-order chi connectivity index (χ0) is 15.2. The van der Waals surface area contributed by atoms with Gasteiger partial charge in [-0.15, -0.1) is 0 Å². The van der Waals surface area contributed by atoms with Gasteiger partial charge in [0.25, 0.3) is 5.91 Å². The van der Waals surface area contributed by atoms with E-state index in [1.54, 1.807) is 12.1 Å². The number of nitrogens with zero attached hydrogens (tertiary/aromatic N) is 1. The van der Waals surface area contributed by atoms with E-state index in [1.165, 1.54) is 17.7 Å². The molecular weight excluding hydrogens is 267 g/mol. The van der Waals surface area contributed by atoms with Gasteiger partial charge >= 0.3 is 0 Å². The summed E-state index contributed by atoms with van der Waals surface area (Å²) in [7, 11) is 0. The molecule has 0 aliphatic rings. The van der Waals surface area contributed by atoms with Crippen LogP contribution < -0.4 is 9.88 Å². The van der Waals surface area contributed by atoms with E-state index in [9.17, 15) is 9.18 Å². The maximum Gasteiger partial charge on any atom is 0.286 e. The summed E-state index contributed by atoms with van der Waals surface area (Å²) in [6.45, 7) is 4.77. The number of hydrogen-bond acceptors (Lipinski definition) is 1. The van der Waals surface area contributed by atoms with Crippen LogP contribution in [-0.4, -0.2) is 5.91 Å². The summed E-state index contributed by atoms with van der Waals surface area (Å²) in [6.07, 6.45) is 2.95. The molecule has 1 aromatic heterocycles. The van der Waals surface area contributed by atoms with Gasteiger partial charge in [-0.05, 0) is 30.2 Å². The number of carbonyl (C=O) groups excluding carboxylic acids is 1. The Hall–Kier alpha value is -2.23. The van der Waals surface area contributed by atoms with Crippen LogP contribution in [0.25, 0.3) is 0 Å². The van der Waals surface area contributed by atoms with Gasteiger partial charge in [0.1, 0.15) is 5.82 Å². The molecule has 0 bridgehead atoms. The predicted octanol–water partition coefficient (Wildman–Crippen LogP) is 2.30. The highest BCUT2D eigenvalue weighted by Crippen LogP contribution is 2.02. The van der Waals surface area contributed by atoms with Crippen molar-refractivity contribution in [3.8, 4) is 0 Å². The van der Waals surface area contributed by atoms with E-state index in [4.69, 9.17) is 0 Å². The third kappa shape index (κ3) is 4.38. The smallest absolute Gasteiger partial charge is 0.286 e. The van der Waals surface area contributed by atoms with Gasteiger partial charge in [0.15, 0.2) is 11.9 Å². The van der Waals surface area contributed by atoms with Crippen LogP contribution in [0.3, 0.4) is 0 Å². The molecule has 110 valence electrons. The molecule has 4 heteroatoms. The van der Waals surface area contributed by atoms with Gasteiger partial charge in [-0.25, -0.2) is 4.39 Å². The molecule has 0 fully saturated rings. The number of rotatable bonds is 5. The number of benzene rings is 1. The van der Waals surface area contributed by atoms with Crippen LogP contribution >= 0.6 is 0 Å². The zero-order valence-corrected chi connectivity index (χ0v) is 12.4. The van der Waals surface area contributed by atoms with Crippen LogP contribution in [0.15, 0.2) is 42.6 Å². The first kappa shape index (κ1) is 15.2. The number of nitrogens with one attached hydrogen (secondary N) is 1. The Morgan fingerprint density at radius 1 is 1.14 bits per heavy atom. The van der Waals surface area contributed by atoms with Crippen molar-refractivity contribution in [1.29, 1.82) is 0 Å². The Morgan fingerprint density at radius 3 is 2.48 bits per heavy atom. The molecule has 0 unspecified atom stereocenters. The lowest BCUT2D eigenvalue weighted by molar-refractivity contribution is -0.690. The molecule has 0 atom stereocenters. The van der Waals surface area contributed by atoms with Crippen molar-refractivity contribution >= 4 is 5.91 Å². The third-order valence-corrected chi connectivity index (χ3v) is 3.44. The molecule has 0 aliphatic carbocycles. The molecule has 2 rings (SSSR count). The molecule has 3 nitrogen and oxygen atoms in total. The summed E-state index contributed by atoms with van der Waals surface area (Å²) in [5.74, 6) is -0.326. The number of pyridine rings is 1. The normalized spacial score (nSPS) is 10.4. The Kier molecular flexibility index (Phi) is 5.04. The highest BCUT2D eigenvalue weighted by molar-refractivity contribution is 5.74. The van der Waals surface area contributed by atoms with E-state index >= 15 is 0 Å². The minimum absolute atomic E-state index is 0.0549. The Morgan fingerprint density at radius 2 is 1.81 bits per heavy atom. The first-order chi connectivity index (χ1) is 10.1. The second kappa shape index (κ2) is 6.97. The Bertz CT molecular complexity index is 623. The molecule has 0 saturated carbocycles. The summed E-state index contributed by atoms with van der Waals surface area (Å²) >= 11 is 0. The van der Waals surface area contributed by atoms with Gasteiger partial charge in [0.05, 0.1) is 0 Å². The van der Waals surface area contributed by atoms with Crippen molar-refractivity contribution in [2.45, 2.75) is 33.4 Å². The van der Waals surface area contributed by atoms with Crippen LogP contribution in [0.1, 0.15) is 23.7 Å². The van der Waals surface area contributed by atoms with Crippen LogP contribution in [0.5, 0.6) is 0 Å². The minimum Gasteiger partial charge on any atom is -0.347 e. The molecule has 1 N–H and O–H groups in total. The molecule has 1 amide bonds. The van der Waals surface area contributed by atoms with Crippen LogP contribution in [-0.2, 0) is 24.3 Å². The summed E-state index contributed by atoms with van der Waals surface area (Å²) in [5.41, 5.74) is 3.13. The first-order valence-corrected chi connectivity index (χ1v) is 7.08. The lowest BCUT2D eigenvalue weighted by atomic mass is 10.2. The summed E-state index contributed by atoms with van der Waals surface area (Å²) in [5, 5.41) is 2.85. The van der Waals surface area contributed by atoms with E-state index in [-0.39, 0.29) is 11.7 Å². The van der Waals surface area contributed by atoms with Gasteiger partial charge in [0.2, 0.25) is 6.54 Å². The van der Waals surface area contributed by atoms with Crippen LogP contribution in [0.4, 0.5) is 4.39 Å². The molecule has 2 aromatic rings. The molecule has 0 saturated heterocycles. The number of carbonyl (C=O) groups is 1. The summed E-state index contributed by atoms with van der Waals surface area (Å²) in [4.78, 5) is 12.0. The topological polar surface area (TPSA) is 33.0 Å². The Labute approximate surface area is 124 Å². The number of amides is 1. The molecule has 21 heavy (non-hydrogen) atoms. The second-order valence-corrected chi connectivity index (χ2v) is 5.06. The van der Waals surface area contributed by atoms with E-state index in [2.05, 4.69) is 18.3 Å². The largest absolute Gasteiger partial charge is 0.347 e. The van der Waals surface area contributed by atoms with Crippen molar-refractivity contribution < 1.29 is 13.8 Å². The van der Waals surface area contributed by atoms with E-state index in [0.717, 1.165) is 17.7 Å². The maximum atomic E-state index is 12.8. The Balaban J connectivity index is 1.94. The lowest BCUT2D eigenvalue weighted by Gasteiger charge is -2.05. The van der Waals surface area contributed by atoms with Gasteiger partial charge in [-0.2, -0.15) is 4.57 Å². The second-order valence-electron chi connectivity index (χ2n) is 5.06. The predicted molar refractivity (Wildman–Crippen MR) is 79.0 cm³/mol. The van der Waals surface area contributed by atoms with Crippen LogP contribution in [0.2, 0.25) is 0 Å². The fourth-order valence-corrected chi connectivity index (χ4v) is 2.06. The molecule has 0 aliphatic heterocycles. The fourth-order valence-electron chi connectivity index (χ4n) is 2.06. The molecule has 0 spiro atoms. The van der Waals surface area contributed by atoms with Gasteiger partial charge < -0.3 is 5.32 Å². The minimum atomic E-state index is -0.271. The van der Waals surface area contributed by atoms with Crippen molar-refractivity contribution in [2.24, 2.45) is 0 Å². The summed E-state index contributed by atoms with van der Waals surface area (Å²) < 4.78 is 14.7. The van der Waals surface area contributed by atoms with Gasteiger partial charge in [-0.3, -0.25) is 4.79 Å². The van der Waals surface area contributed by atoms with E-state index in [0.29, 0.717) is 13.1 Å². The molecular formula is C17H20FN2O+. The average molecular weight is 287 g/mol. The van der Waals surface area contributed by atoms with E-state index < -0.39 is 0 Å². The maximum absolute atomic E-state index is 12.8. The summed E-state index contributed by atoms with van der Waals surface area (Å²) in [6, 6.07) is 10.2. The monoisotopic (exact) mass is 287 g/mol. The average Bonchev–Trinajstić information content (AvgIpc) is 2.49. The van der Waals surface area contributed by atoms with Crippen molar-refractivity contribution in [2.75, 3.05) is 0 Å². The number of aryl methyl sites for hydroxylation is 2. The number of halogens is 1. The highest BCUT2D eigenvalue weighted by Gasteiger charge is 2.12. The quantitative estimate of drug-likeness (QED) is 0.841. The SMILES string of the molecule is CCc1ccc(C)[n+](CC(=O)NCc2ccc(F)cc2)c1.